The summed E-state index contributed by atoms with van der Waals surface area (Å²) in [4.78, 5) is 53.9. The molecule has 18 heteroatoms. The van der Waals surface area contributed by atoms with E-state index in [0.717, 1.165) is 0 Å². The molecule has 0 aliphatic rings. The molecule has 0 atom stereocenters. The number of hydrogen-bond donors (Lipinski definition) is 4. The SMILES string of the molecule is Cc1cc(N=Nc2c(O)c(C(=O)Nc3ccc(NC(=O)c4cc5ccccc5c(N=Nc5cc(C)cc(C(=O)Oc6ccc(Cl)cc6Cl)c5)c4O)cc3)cc3ccccc23)cc(C(=O)Oc2ccc(Cl)cc2Cl)c1. The molecule has 9 aromatic carbocycles. The Balaban J connectivity index is 0.911. The Morgan fingerprint density at radius 3 is 1.24 bits per heavy atom. The third-order valence-corrected chi connectivity index (χ3v) is 12.3. The normalized spacial score (nSPS) is 11.3. The van der Waals surface area contributed by atoms with E-state index >= 15 is 0 Å². The standard InChI is InChI=1S/C56H36Cl4N6O8/c1-29-19-33(55(71)73-47-17-11-35(57)27-45(47)59)23-39(21-29)63-65-49-41-9-5-3-7-31(41)25-43(51(49)67)53(69)61-37-13-15-38(16-14-37)62-54(70)44-26-32-8-4-6-10-42(32)50(52(44)68)66-64-40-22-30(2)20-34(24-40)56(72)74-48-18-12-36(58)28-46(48)60/h3-28,67-68H,1-2H3,(H,61,69)(H,62,70). The van der Waals surface area contributed by atoms with Gasteiger partial charge in [0.25, 0.3) is 11.8 Å². The molecule has 366 valence electrons. The third-order valence-electron chi connectivity index (χ3n) is 11.2. The minimum Gasteiger partial charge on any atom is -0.505 e. The van der Waals surface area contributed by atoms with E-state index in [-0.39, 0.29) is 66.5 Å². The Kier molecular flexibility index (Phi) is 14.7. The summed E-state index contributed by atoms with van der Waals surface area (Å²) in [5.41, 5.74) is 2.65. The summed E-state index contributed by atoms with van der Waals surface area (Å²) in [5, 5.41) is 49.3. The number of fused-ring (bicyclic) bond motifs is 2. The van der Waals surface area contributed by atoms with Crippen molar-refractivity contribution < 1.29 is 38.9 Å². The first-order valence-electron chi connectivity index (χ1n) is 22.2. The Hall–Kier alpha value is -8.66. The highest BCUT2D eigenvalue weighted by Crippen LogP contribution is 2.42. The van der Waals surface area contributed by atoms with Crippen molar-refractivity contribution in [1.82, 2.24) is 0 Å². The van der Waals surface area contributed by atoms with E-state index in [9.17, 15) is 29.4 Å². The summed E-state index contributed by atoms with van der Waals surface area (Å²) in [5.74, 6) is -3.39. The van der Waals surface area contributed by atoms with Gasteiger partial charge in [0.2, 0.25) is 0 Å². The fourth-order valence-corrected chi connectivity index (χ4v) is 8.64. The number of carbonyl (C=O) groups excluding carboxylic acids is 4. The summed E-state index contributed by atoms with van der Waals surface area (Å²) in [6, 6.07) is 41.7. The molecule has 0 saturated carbocycles. The smallest absolute Gasteiger partial charge is 0.343 e. The molecule has 0 aliphatic heterocycles. The lowest BCUT2D eigenvalue weighted by Crippen LogP contribution is -2.13. The highest BCUT2D eigenvalue weighted by Gasteiger charge is 2.22. The van der Waals surface area contributed by atoms with Gasteiger partial charge < -0.3 is 30.3 Å². The lowest BCUT2D eigenvalue weighted by molar-refractivity contribution is 0.0725. The molecule has 0 aliphatic carbocycles. The second kappa shape index (κ2) is 21.6. The largest absolute Gasteiger partial charge is 0.505 e. The van der Waals surface area contributed by atoms with Gasteiger partial charge in [-0.15, -0.1) is 10.2 Å². The molecular formula is C56H36Cl4N6O8. The Morgan fingerprint density at radius 1 is 0.459 bits per heavy atom. The fraction of sp³-hybridized carbons (Fsp3) is 0.0357. The number of phenols is 2. The minimum absolute atomic E-state index is 0.00894. The van der Waals surface area contributed by atoms with E-state index < -0.39 is 35.3 Å². The minimum atomic E-state index is -0.698. The Bertz CT molecular complexity index is 3580. The molecule has 0 radical (unpaired) electrons. The van der Waals surface area contributed by atoms with E-state index in [1.54, 1.807) is 123 Å². The van der Waals surface area contributed by atoms with Crippen molar-refractivity contribution >= 4 is 126 Å². The molecule has 74 heavy (non-hydrogen) atoms. The van der Waals surface area contributed by atoms with Crippen molar-refractivity contribution in [2.45, 2.75) is 13.8 Å². The molecule has 9 aromatic rings. The number of amides is 2. The molecule has 2 amide bonds. The predicted molar refractivity (Wildman–Crippen MR) is 287 cm³/mol. The number of phenolic OH excluding ortho intramolecular Hbond substituents is 2. The zero-order valence-electron chi connectivity index (χ0n) is 38.7. The highest BCUT2D eigenvalue weighted by molar-refractivity contribution is 6.36. The molecule has 0 fully saturated rings. The van der Waals surface area contributed by atoms with Crippen LogP contribution in [0.4, 0.5) is 34.1 Å². The maximum Gasteiger partial charge on any atom is 0.343 e. The first-order valence-corrected chi connectivity index (χ1v) is 23.7. The Morgan fingerprint density at radius 2 is 0.851 bits per heavy atom. The number of azo groups is 2. The number of esters is 2. The number of aryl methyl sites for hydroxylation is 2. The third kappa shape index (κ3) is 11.3. The monoisotopic (exact) mass is 1060 g/mol. The summed E-state index contributed by atoms with van der Waals surface area (Å²) < 4.78 is 11.0. The van der Waals surface area contributed by atoms with Gasteiger partial charge in [-0.3, -0.25) is 9.59 Å². The maximum atomic E-state index is 13.8. The van der Waals surface area contributed by atoms with Crippen LogP contribution < -0.4 is 20.1 Å². The molecule has 0 aromatic heterocycles. The zero-order valence-corrected chi connectivity index (χ0v) is 41.7. The number of carbonyl (C=O) groups is 4. The van der Waals surface area contributed by atoms with Gasteiger partial charge in [0, 0.05) is 32.2 Å². The molecule has 9 rings (SSSR count). The van der Waals surface area contributed by atoms with Crippen molar-refractivity contribution in [2.75, 3.05) is 10.6 Å². The molecule has 0 saturated heterocycles. The van der Waals surface area contributed by atoms with Crippen LogP contribution in [0.25, 0.3) is 21.5 Å². The number of hydrogen-bond acceptors (Lipinski definition) is 12. The van der Waals surface area contributed by atoms with Gasteiger partial charge in [0.15, 0.2) is 11.5 Å². The van der Waals surface area contributed by atoms with Gasteiger partial charge in [-0.05, 0) is 145 Å². The number of benzene rings is 9. The van der Waals surface area contributed by atoms with E-state index in [1.165, 1.54) is 48.5 Å². The molecule has 0 bridgehead atoms. The van der Waals surface area contributed by atoms with Crippen LogP contribution in [0.1, 0.15) is 52.6 Å². The lowest BCUT2D eigenvalue weighted by Gasteiger charge is -2.13. The fourth-order valence-electron chi connectivity index (χ4n) is 7.74. The van der Waals surface area contributed by atoms with E-state index in [2.05, 4.69) is 31.1 Å². The average molecular weight is 1060 g/mol. The van der Waals surface area contributed by atoms with Crippen molar-refractivity contribution in [3.63, 3.8) is 0 Å². The molecule has 0 unspecified atom stereocenters. The first kappa shape index (κ1) is 50.3. The van der Waals surface area contributed by atoms with Crippen LogP contribution in [0.3, 0.4) is 0 Å². The topological polar surface area (TPSA) is 201 Å². The molecule has 4 N–H and O–H groups in total. The number of halogens is 4. The summed E-state index contributed by atoms with van der Waals surface area (Å²) >= 11 is 24.4. The van der Waals surface area contributed by atoms with Crippen molar-refractivity contribution in [2.24, 2.45) is 20.5 Å². The number of anilines is 2. The van der Waals surface area contributed by atoms with E-state index in [1.807, 2.05) is 0 Å². The van der Waals surface area contributed by atoms with Crippen LogP contribution in [0.15, 0.2) is 178 Å². The molecule has 0 heterocycles. The van der Waals surface area contributed by atoms with Crippen LogP contribution in [-0.2, 0) is 0 Å². The molecule has 14 nitrogen and oxygen atoms in total. The summed E-state index contributed by atoms with van der Waals surface area (Å²) in [7, 11) is 0. The van der Waals surface area contributed by atoms with Crippen molar-refractivity contribution in [1.29, 1.82) is 0 Å². The number of nitrogens with zero attached hydrogens (tertiary/aromatic N) is 4. The average Bonchev–Trinajstić information content (AvgIpc) is 3.37. The van der Waals surface area contributed by atoms with Crippen LogP contribution in [0.5, 0.6) is 23.0 Å². The van der Waals surface area contributed by atoms with Gasteiger partial charge in [0.1, 0.15) is 22.9 Å². The van der Waals surface area contributed by atoms with Crippen LogP contribution in [0.2, 0.25) is 20.1 Å². The number of aromatic hydroxyl groups is 2. The highest BCUT2D eigenvalue weighted by atomic mass is 35.5. The maximum absolute atomic E-state index is 13.8. The number of rotatable bonds is 12. The predicted octanol–water partition coefficient (Wildman–Crippen LogP) is 16.4. The molecule has 0 spiro atoms. The summed E-state index contributed by atoms with van der Waals surface area (Å²) in [6.07, 6.45) is 0. The van der Waals surface area contributed by atoms with Gasteiger partial charge in [-0.2, -0.15) is 10.2 Å². The van der Waals surface area contributed by atoms with E-state index in [0.29, 0.717) is 54.1 Å². The Labute approximate surface area is 441 Å². The van der Waals surface area contributed by atoms with E-state index in [4.69, 9.17) is 55.9 Å². The van der Waals surface area contributed by atoms with Crippen molar-refractivity contribution in [3.05, 3.63) is 211 Å². The lowest BCUT2D eigenvalue weighted by atomic mass is 10.0. The second-order valence-corrected chi connectivity index (χ2v) is 18.3. The summed E-state index contributed by atoms with van der Waals surface area (Å²) in [6.45, 7) is 3.53. The number of nitrogens with one attached hydrogen (secondary N) is 2. The molecular weight excluding hydrogens is 1030 g/mol. The van der Waals surface area contributed by atoms with Gasteiger partial charge >= 0.3 is 11.9 Å². The first-order chi connectivity index (χ1) is 35.6. The van der Waals surface area contributed by atoms with Gasteiger partial charge in [0.05, 0.1) is 43.7 Å². The van der Waals surface area contributed by atoms with Crippen LogP contribution in [-0.4, -0.2) is 34.0 Å². The second-order valence-electron chi connectivity index (χ2n) is 16.6. The quantitative estimate of drug-likeness (QED) is 0.0526. The van der Waals surface area contributed by atoms with Crippen molar-refractivity contribution in [3.8, 4) is 23.0 Å². The zero-order chi connectivity index (χ0) is 52.2. The van der Waals surface area contributed by atoms with Crippen LogP contribution in [0, 0.1) is 13.8 Å². The van der Waals surface area contributed by atoms with Gasteiger partial charge in [-0.25, -0.2) is 9.59 Å². The number of ether oxygens (including phenoxy) is 2. The van der Waals surface area contributed by atoms with Crippen LogP contribution >= 0.6 is 46.4 Å². The van der Waals surface area contributed by atoms with Gasteiger partial charge in [-0.1, -0.05) is 94.9 Å².